The van der Waals surface area contributed by atoms with Gasteiger partial charge < -0.3 is 10.6 Å². The summed E-state index contributed by atoms with van der Waals surface area (Å²) in [5.74, 6) is 0.239. The van der Waals surface area contributed by atoms with E-state index in [0.717, 1.165) is 24.3 Å². The lowest BCUT2D eigenvalue weighted by Gasteiger charge is -2.27. The van der Waals surface area contributed by atoms with Gasteiger partial charge in [-0.2, -0.15) is 5.10 Å². The van der Waals surface area contributed by atoms with Gasteiger partial charge in [0, 0.05) is 13.1 Å². The molecule has 0 aliphatic carbocycles. The van der Waals surface area contributed by atoms with Gasteiger partial charge in [-0.05, 0) is 24.6 Å². The molecule has 2 aromatic rings. The summed E-state index contributed by atoms with van der Waals surface area (Å²) in [5.41, 5.74) is 2.03. The zero-order chi connectivity index (χ0) is 13.9. The summed E-state index contributed by atoms with van der Waals surface area (Å²) in [6.07, 6.45) is 3.16. The van der Waals surface area contributed by atoms with E-state index in [1.165, 1.54) is 6.33 Å². The van der Waals surface area contributed by atoms with Gasteiger partial charge in [0.05, 0.1) is 17.6 Å². The average molecular weight is 308 g/mol. The molecule has 7 heteroatoms. The van der Waals surface area contributed by atoms with Crippen LogP contribution in [0.15, 0.2) is 36.9 Å². The summed E-state index contributed by atoms with van der Waals surface area (Å²) >= 11 is 0. The molecule has 1 amide bonds. The smallest absolute Gasteiger partial charge is 0.226 e. The van der Waals surface area contributed by atoms with Crippen LogP contribution in [0, 0.1) is 5.92 Å². The molecule has 0 saturated carbocycles. The fraction of sp³-hybridized carbons (Fsp3) is 0.357. The van der Waals surface area contributed by atoms with Gasteiger partial charge in [-0.1, -0.05) is 12.1 Å². The summed E-state index contributed by atoms with van der Waals surface area (Å²) in [6.45, 7) is 3.56. The predicted octanol–water partition coefficient (Wildman–Crippen LogP) is 1.09. The molecule has 0 spiro atoms. The number of rotatable bonds is 4. The quantitative estimate of drug-likeness (QED) is 0.887. The van der Waals surface area contributed by atoms with Crippen LogP contribution in [0.25, 0.3) is 5.69 Å². The topological polar surface area (TPSA) is 71.8 Å². The molecule has 1 aromatic heterocycles. The van der Waals surface area contributed by atoms with Crippen LogP contribution in [0.3, 0.4) is 0 Å². The van der Waals surface area contributed by atoms with Gasteiger partial charge in [-0.25, -0.2) is 9.67 Å². The van der Waals surface area contributed by atoms with Gasteiger partial charge in [0.25, 0.3) is 0 Å². The maximum atomic E-state index is 11.9. The lowest BCUT2D eigenvalue weighted by molar-refractivity contribution is -0.127. The molecule has 2 heterocycles. The average Bonchev–Trinajstić information content (AvgIpc) is 2.90. The molecule has 1 aromatic carbocycles. The molecule has 1 atom stereocenters. The van der Waals surface area contributed by atoms with E-state index in [-0.39, 0.29) is 30.3 Å². The highest BCUT2D eigenvalue weighted by molar-refractivity contribution is 5.85. The first-order valence-electron chi connectivity index (χ1n) is 6.70. The molecule has 1 aliphatic heterocycles. The molecule has 3 rings (SSSR count). The van der Waals surface area contributed by atoms with E-state index in [2.05, 4.69) is 20.7 Å². The van der Waals surface area contributed by atoms with E-state index in [4.69, 9.17) is 0 Å². The van der Waals surface area contributed by atoms with E-state index in [9.17, 15) is 4.79 Å². The lowest BCUT2D eigenvalue weighted by Crippen LogP contribution is -2.51. The second-order valence-electron chi connectivity index (χ2n) is 5.02. The van der Waals surface area contributed by atoms with Crippen molar-refractivity contribution in [2.24, 2.45) is 5.92 Å². The minimum absolute atomic E-state index is 0. The first kappa shape index (κ1) is 15.5. The van der Waals surface area contributed by atoms with Crippen molar-refractivity contribution in [1.29, 1.82) is 0 Å². The standard InChI is InChI=1S/C14H17N5O.ClH/c1-10(18-14(20)12-6-15-7-12)11-2-4-13(5-3-11)19-9-16-8-17-19;/h2-5,8-10,12,15H,6-7H2,1H3,(H,18,20);1H. The van der Waals surface area contributed by atoms with Crippen molar-refractivity contribution in [3.8, 4) is 5.69 Å². The van der Waals surface area contributed by atoms with E-state index < -0.39 is 0 Å². The monoisotopic (exact) mass is 307 g/mol. The first-order valence-corrected chi connectivity index (χ1v) is 6.70. The van der Waals surface area contributed by atoms with Crippen LogP contribution in [0.2, 0.25) is 0 Å². The first-order chi connectivity index (χ1) is 9.74. The van der Waals surface area contributed by atoms with E-state index in [1.54, 1.807) is 11.0 Å². The highest BCUT2D eigenvalue weighted by atomic mass is 35.5. The number of nitrogens with one attached hydrogen (secondary N) is 2. The van der Waals surface area contributed by atoms with E-state index in [0.29, 0.717) is 0 Å². The number of amides is 1. The summed E-state index contributed by atoms with van der Waals surface area (Å²) in [7, 11) is 0. The normalized spacial score (nSPS) is 15.7. The minimum atomic E-state index is 0. The second-order valence-corrected chi connectivity index (χ2v) is 5.02. The van der Waals surface area contributed by atoms with Crippen molar-refractivity contribution in [2.45, 2.75) is 13.0 Å². The van der Waals surface area contributed by atoms with E-state index in [1.807, 2.05) is 31.2 Å². The summed E-state index contributed by atoms with van der Waals surface area (Å²) in [6, 6.07) is 7.95. The lowest BCUT2D eigenvalue weighted by atomic mass is 10.0. The van der Waals surface area contributed by atoms with Crippen molar-refractivity contribution in [1.82, 2.24) is 25.4 Å². The third kappa shape index (κ3) is 3.40. The molecule has 1 fully saturated rings. The Balaban J connectivity index is 0.00000161. The van der Waals surface area contributed by atoms with Gasteiger partial charge in [-0.15, -0.1) is 12.4 Å². The molecule has 1 unspecified atom stereocenters. The number of halogens is 1. The fourth-order valence-corrected chi connectivity index (χ4v) is 2.15. The van der Waals surface area contributed by atoms with Crippen molar-refractivity contribution in [2.75, 3.05) is 13.1 Å². The molecule has 2 N–H and O–H groups in total. The zero-order valence-corrected chi connectivity index (χ0v) is 12.5. The maximum Gasteiger partial charge on any atom is 0.226 e. The number of aromatic nitrogens is 3. The van der Waals surface area contributed by atoms with Gasteiger partial charge in [0.2, 0.25) is 5.91 Å². The van der Waals surface area contributed by atoms with Crippen LogP contribution >= 0.6 is 12.4 Å². The molecule has 6 nitrogen and oxygen atoms in total. The van der Waals surface area contributed by atoms with Crippen LogP contribution in [0.1, 0.15) is 18.5 Å². The largest absolute Gasteiger partial charge is 0.349 e. The highest BCUT2D eigenvalue weighted by Gasteiger charge is 2.25. The number of carbonyl (C=O) groups excluding carboxylic acids is 1. The molecule has 0 radical (unpaired) electrons. The van der Waals surface area contributed by atoms with Crippen molar-refractivity contribution < 1.29 is 4.79 Å². The second kappa shape index (κ2) is 6.69. The molecular weight excluding hydrogens is 290 g/mol. The van der Waals surface area contributed by atoms with Gasteiger partial charge in [-0.3, -0.25) is 4.79 Å². The molecule has 21 heavy (non-hydrogen) atoms. The maximum absolute atomic E-state index is 11.9. The van der Waals surface area contributed by atoms with Gasteiger partial charge in [0.1, 0.15) is 12.7 Å². The van der Waals surface area contributed by atoms with Gasteiger partial charge in [0.15, 0.2) is 0 Å². The molecule has 1 aliphatic rings. The Morgan fingerprint density at radius 3 is 2.62 bits per heavy atom. The highest BCUT2D eigenvalue weighted by Crippen LogP contribution is 2.16. The third-order valence-corrected chi connectivity index (χ3v) is 3.59. The minimum Gasteiger partial charge on any atom is -0.349 e. The van der Waals surface area contributed by atoms with Gasteiger partial charge >= 0.3 is 0 Å². The Bertz CT molecular complexity index is 580. The number of hydrogen-bond acceptors (Lipinski definition) is 4. The van der Waals surface area contributed by atoms with Crippen molar-refractivity contribution >= 4 is 18.3 Å². The van der Waals surface area contributed by atoms with Crippen LogP contribution < -0.4 is 10.6 Å². The Hall–Kier alpha value is -1.92. The Labute approximate surface area is 129 Å². The molecule has 1 saturated heterocycles. The number of nitrogens with zero attached hydrogens (tertiary/aromatic N) is 3. The van der Waals surface area contributed by atoms with Crippen molar-refractivity contribution in [3.05, 3.63) is 42.5 Å². The molecular formula is C14H18ClN5O. The van der Waals surface area contributed by atoms with Crippen LogP contribution in [0.5, 0.6) is 0 Å². The van der Waals surface area contributed by atoms with Crippen LogP contribution in [-0.2, 0) is 4.79 Å². The number of benzene rings is 1. The molecule has 112 valence electrons. The van der Waals surface area contributed by atoms with Crippen molar-refractivity contribution in [3.63, 3.8) is 0 Å². The Morgan fingerprint density at radius 2 is 2.10 bits per heavy atom. The summed E-state index contributed by atoms with van der Waals surface area (Å²) in [5, 5.41) is 10.2. The number of hydrogen-bond donors (Lipinski definition) is 2. The summed E-state index contributed by atoms with van der Waals surface area (Å²) in [4.78, 5) is 15.8. The Morgan fingerprint density at radius 1 is 1.38 bits per heavy atom. The van der Waals surface area contributed by atoms with Crippen LogP contribution in [-0.4, -0.2) is 33.8 Å². The molecule has 0 bridgehead atoms. The van der Waals surface area contributed by atoms with E-state index >= 15 is 0 Å². The van der Waals surface area contributed by atoms with Crippen LogP contribution in [0.4, 0.5) is 0 Å². The third-order valence-electron chi connectivity index (χ3n) is 3.59. The Kier molecular flexibility index (Phi) is 4.93. The summed E-state index contributed by atoms with van der Waals surface area (Å²) < 4.78 is 1.70. The SMILES string of the molecule is CC(NC(=O)C1CNC1)c1ccc(-n2cncn2)cc1.Cl. The predicted molar refractivity (Wildman–Crippen MR) is 81.5 cm³/mol. The fourth-order valence-electron chi connectivity index (χ4n) is 2.15. The number of carbonyl (C=O) groups is 1. The zero-order valence-electron chi connectivity index (χ0n) is 11.7.